The highest BCUT2D eigenvalue weighted by Crippen LogP contribution is 2.37. The Morgan fingerprint density at radius 1 is 1.00 bits per heavy atom. The summed E-state index contributed by atoms with van der Waals surface area (Å²) in [6, 6.07) is 6.22. The van der Waals surface area contributed by atoms with Crippen molar-refractivity contribution in [2.75, 3.05) is 44.7 Å². The SMILES string of the molecule is O=C(Nc1cccc2c1OCCO2)N1CCC(N2CCCCC2)CC1. The van der Waals surface area contributed by atoms with Crippen molar-refractivity contribution >= 4 is 11.7 Å². The fourth-order valence-electron chi connectivity index (χ4n) is 4.08. The molecule has 2 saturated heterocycles. The van der Waals surface area contributed by atoms with Crippen molar-refractivity contribution in [3.63, 3.8) is 0 Å². The maximum Gasteiger partial charge on any atom is 0.321 e. The third-order valence-corrected chi connectivity index (χ3v) is 5.47. The molecule has 1 aromatic rings. The number of fused-ring (bicyclic) bond motifs is 1. The van der Waals surface area contributed by atoms with E-state index in [4.69, 9.17) is 9.47 Å². The second-order valence-corrected chi connectivity index (χ2v) is 7.07. The summed E-state index contributed by atoms with van der Waals surface area (Å²) in [5.74, 6) is 1.35. The molecule has 0 saturated carbocycles. The number of para-hydroxylation sites is 1. The van der Waals surface area contributed by atoms with Crippen LogP contribution in [0.1, 0.15) is 32.1 Å². The zero-order chi connectivity index (χ0) is 17.1. The summed E-state index contributed by atoms with van der Waals surface area (Å²) < 4.78 is 11.3. The molecule has 0 spiro atoms. The molecule has 2 amide bonds. The van der Waals surface area contributed by atoms with Crippen LogP contribution in [0.25, 0.3) is 0 Å². The van der Waals surface area contributed by atoms with Gasteiger partial charge in [-0.15, -0.1) is 0 Å². The number of ether oxygens (including phenoxy) is 2. The molecule has 0 atom stereocenters. The molecule has 0 unspecified atom stereocenters. The molecule has 0 bridgehead atoms. The molecule has 3 heterocycles. The molecular weight excluding hydrogens is 318 g/mol. The van der Waals surface area contributed by atoms with E-state index in [0.717, 1.165) is 25.9 Å². The highest BCUT2D eigenvalue weighted by molar-refractivity contribution is 5.91. The second kappa shape index (κ2) is 7.52. The number of hydrogen-bond acceptors (Lipinski definition) is 4. The number of carbonyl (C=O) groups is 1. The molecular formula is C19H27N3O3. The predicted octanol–water partition coefficient (Wildman–Crippen LogP) is 2.94. The lowest BCUT2D eigenvalue weighted by atomic mass is 10.00. The molecule has 4 rings (SSSR count). The highest BCUT2D eigenvalue weighted by Gasteiger charge is 2.28. The van der Waals surface area contributed by atoms with E-state index < -0.39 is 0 Å². The van der Waals surface area contributed by atoms with Gasteiger partial charge in [-0.05, 0) is 50.9 Å². The summed E-state index contributed by atoms with van der Waals surface area (Å²) in [6.45, 7) is 5.16. The monoisotopic (exact) mass is 345 g/mol. The zero-order valence-electron chi connectivity index (χ0n) is 14.7. The van der Waals surface area contributed by atoms with Gasteiger partial charge < -0.3 is 24.6 Å². The van der Waals surface area contributed by atoms with Crippen molar-refractivity contribution < 1.29 is 14.3 Å². The Hall–Kier alpha value is -1.95. The number of carbonyl (C=O) groups excluding carboxylic acids is 1. The third kappa shape index (κ3) is 3.68. The summed E-state index contributed by atoms with van der Waals surface area (Å²) in [6.07, 6.45) is 6.15. The van der Waals surface area contributed by atoms with Crippen LogP contribution in [-0.2, 0) is 0 Å². The first-order valence-electron chi connectivity index (χ1n) is 9.50. The standard InChI is InChI=1S/C19H27N3O3/c23-19(20-16-5-4-6-17-18(16)25-14-13-24-17)22-11-7-15(8-12-22)21-9-2-1-3-10-21/h4-6,15H,1-3,7-14H2,(H,20,23). The number of likely N-dealkylation sites (tertiary alicyclic amines) is 2. The van der Waals surface area contributed by atoms with Crippen LogP contribution in [-0.4, -0.2) is 61.3 Å². The van der Waals surface area contributed by atoms with Crippen LogP contribution < -0.4 is 14.8 Å². The van der Waals surface area contributed by atoms with Crippen LogP contribution in [0.2, 0.25) is 0 Å². The third-order valence-electron chi connectivity index (χ3n) is 5.47. The van der Waals surface area contributed by atoms with Gasteiger partial charge in [-0.25, -0.2) is 4.79 Å². The summed E-state index contributed by atoms with van der Waals surface area (Å²) >= 11 is 0. The molecule has 1 aromatic carbocycles. The first-order chi connectivity index (χ1) is 12.3. The van der Waals surface area contributed by atoms with Crippen molar-refractivity contribution in [1.82, 2.24) is 9.80 Å². The van der Waals surface area contributed by atoms with E-state index in [9.17, 15) is 4.79 Å². The minimum Gasteiger partial charge on any atom is -0.486 e. The van der Waals surface area contributed by atoms with Crippen LogP contribution in [0.15, 0.2) is 18.2 Å². The first kappa shape index (κ1) is 16.5. The molecule has 25 heavy (non-hydrogen) atoms. The predicted molar refractivity (Wildman–Crippen MR) is 96.5 cm³/mol. The molecule has 0 aliphatic carbocycles. The van der Waals surface area contributed by atoms with Gasteiger partial charge in [-0.2, -0.15) is 0 Å². The van der Waals surface area contributed by atoms with Gasteiger partial charge in [-0.3, -0.25) is 0 Å². The number of rotatable bonds is 2. The van der Waals surface area contributed by atoms with Gasteiger partial charge in [-0.1, -0.05) is 12.5 Å². The van der Waals surface area contributed by atoms with Crippen LogP contribution in [0.3, 0.4) is 0 Å². The minimum atomic E-state index is -0.0420. The highest BCUT2D eigenvalue weighted by atomic mass is 16.6. The largest absolute Gasteiger partial charge is 0.486 e. The number of nitrogens with one attached hydrogen (secondary N) is 1. The molecule has 3 aliphatic rings. The Labute approximate surface area is 149 Å². The Balaban J connectivity index is 1.34. The van der Waals surface area contributed by atoms with E-state index >= 15 is 0 Å². The van der Waals surface area contributed by atoms with E-state index in [1.807, 2.05) is 23.1 Å². The topological polar surface area (TPSA) is 54.0 Å². The van der Waals surface area contributed by atoms with Crippen molar-refractivity contribution in [3.05, 3.63) is 18.2 Å². The molecule has 6 heteroatoms. The van der Waals surface area contributed by atoms with E-state index in [1.54, 1.807) is 0 Å². The fraction of sp³-hybridized carbons (Fsp3) is 0.632. The number of urea groups is 1. The van der Waals surface area contributed by atoms with Crippen molar-refractivity contribution in [2.24, 2.45) is 0 Å². The molecule has 3 aliphatic heterocycles. The molecule has 136 valence electrons. The number of nitrogens with zero attached hydrogens (tertiary/aromatic N) is 2. The molecule has 6 nitrogen and oxygen atoms in total. The number of hydrogen-bond donors (Lipinski definition) is 1. The van der Waals surface area contributed by atoms with Crippen LogP contribution in [0.4, 0.5) is 10.5 Å². The van der Waals surface area contributed by atoms with Crippen LogP contribution in [0, 0.1) is 0 Å². The van der Waals surface area contributed by atoms with E-state index in [2.05, 4.69) is 10.2 Å². The van der Waals surface area contributed by atoms with Gasteiger partial charge in [0.1, 0.15) is 13.2 Å². The van der Waals surface area contributed by atoms with Gasteiger partial charge in [0.2, 0.25) is 0 Å². The smallest absolute Gasteiger partial charge is 0.321 e. The average molecular weight is 345 g/mol. The van der Waals surface area contributed by atoms with Gasteiger partial charge in [0, 0.05) is 19.1 Å². The van der Waals surface area contributed by atoms with Crippen molar-refractivity contribution in [1.29, 1.82) is 0 Å². The zero-order valence-corrected chi connectivity index (χ0v) is 14.7. The maximum absolute atomic E-state index is 12.6. The van der Waals surface area contributed by atoms with Crippen LogP contribution in [0.5, 0.6) is 11.5 Å². The number of benzene rings is 1. The van der Waals surface area contributed by atoms with Gasteiger partial charge in [0.25, 0.3) is 0 Å². The molecule has 1 N–H and O–H groups in total. The van der Waals surface area contributed by atoms with Gasteiger partial charge >= 0.3 is 6.03 Å². The normalized spacial score (nSPS) is 21.8. The molecule has 0 radical (unpaired) electrons. The van der Waals surface area contributed by atoms with E-state index in [-0.39, 0.29) is 6.03 Å². The Kier molecular flexibility index (Phi) is 4.97. The lowest BCUT2D eigenvalue weighted by Gasteiger charge is -2.40. The fourth-order valence-corrected chi connectivity index (χ4v) is 4.08. The van der Waals surface area contributed by atoms with Gasteiger partial charge in [0.15, 0.2) is 11.5 Å². The number of amides is 2. The Bertz CT molecular complexity index is 608. The second-order valence-electron chi connectivity index (χ2n) is 7.07. The average Bonchev–Trinajstić information content (AvgIpc) is 2.69. The quantitative estimate of drug-likeness (QED) is 0.895. The Morgan fingerprint density at radius 3 is 2.56 bits per heavy atom. The lowest BCUT2D eigenvalue weighted by molar-refractivity contribution is 0.104. The molecule has 0 aromatic heterocycles. The van der Waals surface area contributed by atoms with E-state index in [1.165, 1.54) is 32.4 Å². The van der Waals surface area contributed by atoms with E-state index in [0.29, 0.717) is 36.4 Å². The number of piperidine rings is 2. The summed E-state index contributed by atoms with van der Waals surface area (Å²) in [4.78, 5) is 17.2. The minimum absolute atomic E-state index is 0.0420. The summed E-state index contributed by atoms with van der Waals surface area (Å²) in [7, 11) is 0. The molecule has 2 fully saturated rings. The summed E-state index contributed by atoms with van der Waals surface area (Å²) in [5, 5.41) is 3.00. The lowest BCUT2D eigenvalue weighted by Crippen LogP contribution is -2.49. The number of anilines is 1. The summed E-state index contributed by atoms with van der Waals surface area (Å²) in [5.41, 5.74) is 0.695. The Morgan fingerprint density at radius 2 is 1.76 bits per heavy atom. The maximum atomic E-state index is 12.6. The van der Waals surface area contributed by atoms with Crippen molar-refractivity contribution in [3.8, 4) is 11.5 Å². The van der Waals surface area contributed by atoms with Crippen LogP contribution >= 0.6 is 0 Å². The van der Waals surface area contributed by atoms with Gasteiger partial charge in [0.05, 0.1) is 5.69 Å². The van der Waals surface area contributed by atoms with Crippen molar-refractivity contribution in [2.45, 2.75) is 38.1 Å². The first-order valence-corrected chi connectivity index (χ1v) is 9.50.